The molecule has 1 aliphatic heterocycles. The van der Waals surface area contributed by atoms with Gasteiger partial charge in [0.25, 0.3) is 0 Å². The molecule has 6 heteroatoms. The zero-order chi connectivity index (χ0) is 13.9. The Kier molecular flexibility index (Phi) is 4.86. The Morgan fingerprint density at radius 2 is 1.84 bits per heavy atom. The Morgan fingerprint density at radius 1 is 1.21 bits per heavy atom. The molecule has 106 valence electrons. The highest BCUT2D eigenvalue weighted by atomic mass is 79.9. The number of nitrogens with one attached hydrogen (secondary N) is 1. The van der Waals surface area contributed by atoms with Gasteiger partial charge in [0.05, 0.1) is 6.42 Å². The Bertz CT molecular complexity index is 417. The topological polar surface area (TPSA) is 15.3 Å². The minimum absolute atomic E-state index is 0.613. The molecule has 2 nitrogen and oxygen atoms in total. The summed E-state index contributed by atoms with van der Waals surface area (Å²) in [6.45, 7) is 2.75. The molecule has 0 aliphatic carbocycles. The van der Waals surface area contributed by atoms with Crippen LogP contribution in [0.1, 0.15) is 18.0 Å². The summed E-state index contributed by atoms with van der Waals surface area (Å²) in [4.78, 5) is 1.91. The van der Waals surface area contributed by atoms with Crippen LogP contribution >= 0.6 is 15.9 Å². The van der Waals surface area contributed by atoms with Crippen LogP contribution in [-0.2, 0) is 0 Å². The van der Waals surface area contributed by atoms with Crippen molar-refractivity contribution < 1.29 is 13.2 Å². The number of nitrogens with zero attached hydrogens (tertiary/aromatic N) is 1. The van der Waals surface area contributed by atoms with Gasteiger partial charge in [-0.25, -0.2) is 0 Å². The fourth-order valence-electron chi connectivity index (χ4n) is 2.39. The van der Waals surface area contributed by atoms with Crippen LogP contribution in [0.4, 0.5) is 13.2 Å². The van der Waals surface area contributed by atoms with Gasteiger partial charge >= 0.3 is 6.18 Å². The molecule has 0 unspecified atom stereocenters. The van der Waals surface area contributed by atoms with Crippen LogP contribution in [-0.4, -0.2) is 37.3 Å². The van der Waals surface area contributed by atoms with Crippen LogP contribution in [0.3, 0.4) is 0 Å². The van der Waals surface area contributed by atoms with E-state index in [4.69, 9.17) is 0 Å². The molecule has 19 heavy (non-hydrogen) atoms. The van der Waals surface area contributed by atoms with E-state index < -0.39 is 18.6 Å². The van der Waals surface area contributed by atoms with Crippen molar-refractivity contribution >= 4 is 15.9 Å². The molecule has 0 saturated carbocycles. The fraction of sp³-hybridized carbons (Fsp3) is 0.538. The van der Waals surface area contributed by atoms with Crippen molar-refractivity contribution in [3.05, 3.63) is 34.3 Å². The first-order chi connectivity index (χ1) is 8.97. The van der Waals surface area contributed by atoms with Gasteiger partial charge in [0.15, 0.2) is 0 Å². The molecular weight excluding hydrogens is 321 g/mol. The zero-order valence-electron chi connectivity index (χ0n) is 10.4. The van der Waals surface area contributed by atoms with E-state index in [-0.39, 0.29) is 0 Å². The maximum absolute atomic E-state index is 12.8. The molecule has 2 rings (SSSR count). The predicted molar refractivity (Wildman–Crippen MR) is 72.0 cm³/mol. The van der Waals surface area contributed by atoms with Crippen molar-refractivity contribution in [2.24, 2.45) is 0 Å². The number of hydrogen-bond donors (Lipinski definition) is 1. The van der Waals surface area contributed by atoms with Gasteiger partial charge in [-0.1, -0.05) is 34.1 Å². The van der Waals surface area contributed by atoms with Crippen LogP contribution < -0.4 is 5.32 Å². The Morgan fingerprint density at radius 3 is 2.42 bits per heavy atom. The summed E-state index contributed by atoms with van der Waals surface area (Å²) in [6, 6.07) is 6.54. The third-order valence-corrected chi connectivity index (χ3v) is 4.00. The second kappa shape index (κ2) is 6.24. The summed E-state index contributed by atoms with van der Waals surface area (Å²) < 4.78 is 39.2. The van der Waals surface area contributed by atoms with Crippen LogP contribution in [0.5, 0.6) is 0 Å². The number of alkyl halides is 3. The maximum Gasteiger partial charge on any atom is 0.390 e. The van der Waals surface area contributed by atoms with Crippen LogP contribution in [0, 0.1) is 0 Å². The summed E-state index contributed by atoms with van der Waals surface area (Å²) in [6.07, 6.45) is -4.97. The first-order valence-corrected chi connectivity index (χ1v) is 7.02. The average Bonchev–Trinajstić information content (AvgIpc) is 2.37. The predicted octanol–water partition coefficient (Wildman–Crippen LogP) is 3.35. The molecule has 1 atom stereocenters. The van der Waals surface area contributed by atoms with Crippen molar-refractivity contribution in [2.45, 2.75) is 18.6 Å². The van der Waals surface area contributed by atoms with Gasteiger partial charge in [0.2, 0.25) is 0 Å². The molecule has 1 aliphatic rings. The molecule has 0 bridgehead atoms. The number of rotatable bonds is 3. The molecule has 0 aromatic heterocycles. The third-order valence-electron chi connectivity index (χ3n) is 3.28. The number of hydrogen-bond acceptors (Lipinski definition) is 2. The third kappa shape index (κ3) is 4.19. The van der Waals surface area contributed by atoms with Gasteiger partial charge < -0.3 is 5.32 Å². The van der Waals surface area contributed by atoms with E-state index in [0.29, 0.717) is 18.7 Å². The number of piperazine rings is 1. The van der Waals surface area contributed by atoms with E-state index in [2.05, 4.69) is 21.2 Å². The molecule has 1 N–H and O–H groups in total. The van der Waals surface area contributed by atoms with E-state index in [1.807, 2.05) is 11.0 Å². The fourth-order valence-corrected chi connectivity index (χ4v) is 2.94. The first-order valence-electron chi connectivity index (χ1n) is 6.23. The summed E-state index contributed by atoms with van der Waals surface area (Å²) >= 11 is 3.36. The average molecular weight is 337 g/mol. The molecule has 0 amide bonds. The second-order valence-corrected chi connectivity index (χ2v) is 5.50. The van der Waals surface area contributed by atoms with Gasteiger partial charge in [-0.2, -0.15) is 13.2 Å². The second-order valence-electron chi connectivity index (χ2n) is 4.64. The summed E-state index contributed by atoms with van der Waals surface area (Å²) in [5.74, 6) is 0. The molecule has 1 saturated heterocycles. The van der Waals surface area contributed by atoms with Crippen molar-refractivity contribution in [3.8, 4) is 0 Å². The van der Waals surface area contributed by atoms with E-state index >= 15 is 0 Å². The molecule has 1 heterocycles. The van der Waals surface area contributed by atoms with Crippen molar-refractivity contribution in [2.75, 3.05) is 26.2 Å². The lowest BCUT2D eigenvalue weighted by molar-refractivity contribution is -0.148. The van der Waals surface area contributed by atoms with Gasteiger partial charge in [-0.15, -0.1) is 0 Å². The van der Waals surface area contributed by atoms with Gasteiger partial charge in [0, 0.05) is 36.7 Å². The Hall–Kier alpha value is -0.590. The van der Waals surface area contributed by atoms with Gasteiger partial charge in [0.1, 0.15) is 0 Å². The van der Waals surface area contributed by atoms with E-state index in [0.717, 1.165) is 17.6 Å². The van der Waals surface area contributed by atoms with Gasteiger partial charge in [-0.05, 0) is 11.6 Å². The minimum atomic E-state index is -4.16. The van der Waals surface area contributed by atoms with Crippen molar-refractivity contribution in [1.82, 2.24) is 10.2 Å². The molecule has 1 aromatic carbocycles. The Labute approximate surface area is 119 Å². The first kappa shape index (κ1) is 14.8. The van der Waals surface area contributed by atoms with Crippen LogP contribution in [0.25, 0.3) is 0 Å². The van der Waals surface area contributed by atoms with Crippen molar-refractivity contribution in [3.63, 3.8) is 0 Å². The smallest absolute Gasteiger partial charge is 0.314 e. The van der Waals surface area contributed by atoms with Crippen molar-refractivity contribution in [1.29, 1.82) is 0 Å². The van der Waals surface area contributed by atoms with E-state index in [1.54, 1.807) is 18.2 Å². The standard InChI is InChI=1S/C13H16BrF3N2/c14-11-4-2-1-3-10(11)12(9-13(15,16)17)19-7-5-18-6-8-19/h1-4,12,18H,5-9H2/t12-/m1/s1. The number of halogens is 4. The Balaban J connectivity index is 2.25. The summed E-state index contributed by atoms with van der Waals surface area (Å²) in [5, 5.41) is 3.16. The van der Waals surface area contributed by atoms with Crippen LogP contribution in [0.2, 0.25) is 0 Å². The lowest BCUT2D eigenvalue weighted by Gasteiger charge is -2.36. The monoisotopic (exact) mass is 336 g/mol. The summed E-state index contributed by atoms with van der Waals surface area (Å²) in [5.41, 5.74) is 0.710. The normalized spacial score (nSPS) is 19.4. The molecule has 1 aromatic rings. The zero-order valence-corrected chi connectivity index (χ0v) is 12.0. The SMILES string of the molecule is FC(F)(F)C[C@H](c1ccccc1Br)N1CCNCC1. The minimum Gasteiger partial charge on any atom is -0.314 e. The number of benzene rings is 1. The highest BCUT2D eigenvalue weighted by molar-refractivity contribution is 9.10. The molecule has 1 fully saturated rings. The van der Waals surface area contributed by atoms with E-state index in [9.17, 15) is 13.2 Å². The molecule has 0 radical (unpaired) electrons. The molecule has 0 spiro atoms. The molecular formula is C13H16BrF3N2. The lowest BCUT2D eigenvalue weighted by atomic mass is 10.0. The van der Waals surface area contributed by atoms with Crippen LogP contribution in [0.15, 0.2) is 28.7 Å². The highest BCUT2D eigenvalue weighted by Crippen LogP contribution is 2.36. The quantitative estimate of drug-likeness (QED) is 0.910. The van der Waals surface area contributed by atoms with E-state index in [1.165, 1.54) is 0 Å². The largest absolute Gasteiger partial charge is 0.390 e. The lowest BCUT2D eigenvalue weighted by Crippen LogP contribution is -2.46. The van der Waals surface area contributed by atoms with Gasteiger partial charge in [-0.3, -0.25) is 4.90 Å². The summed E-state index contributed by atoms with van der Waals surface area (Å²) in [7, 11) is 0. The highest BCUT2D eigenvalue weighted by Gasteiger charge is 2.36. The maximum atomic E-state index is 12.8.